The molecule has 0 radical (unpaired) electrons. The first-order valence-corrected chi connectivity index (χ1v) is 10.4. The predicted molar refractivity (Wildman–Crippen MR) is 117 cm³/mol. The van der Waals surface area contributed by atoms with E-state index in [1.165, 1.54) is 0 Å². The highest BCUT2D eigenvalue weighted by molar-refractivity contribution is 5.97. The van der Waals surface area contributed by atoms with Gasteiger partial charge in [0.05, 0.1) is 17.3 Å². The largest absolute Gasteiger partial charge is 0.367 e. The zero-order chi connectivity index (χ0) is 20.8. The fourth-order valence-electron chi connectivity index (χ4n) is 3.72. The Bertz CT molecular complexity index is 1180. The molecule has 1 amide bonds. The normalized spacial score (nSPS) is 15.6. The Labute approximate surface area is 175 Å². The number of rotatable bonds is 6. The molecule has 0 spiro atoms. The minimum atomic E-state index is 0.177. The van der Waals surface area contributed by atoms with Crippen LogP contribution in [0.3, 0.4) is 0 Å². The van der Waals surface area contributed by atoms with E-state index >= 15 is 0 Å². The molecule has 0 aliphatic heterocycles. The van der Waals surface area contributed by atoms with Crippen molar-refractivity contribution in [3.63, 3.8) is 0 Å². The van der Waals surface area contributed by atoms with Crippen LogP contribution in [0.1, 0.15) is 36.8 Å². The third kappa shape index (κ3) is 3.45. The molecule has 1 aromatic carbocycles. The third-order valence-electron chi connectivity index (χ3n) is 5.79. The Morgan fingerprint density at radius 1 is 1.20 bits per heavy atom. The van der Waals surface area contributed by atoms with E-state index in [1.54, 1.807) is 15.6 Å². The van der Waals surface area contributed by atoms with Crippen LogP contribution in [-0.2, 0) is 4.79 Å². The maximum absolute atomic E-state index is 12.5. The molecule has 3 aromatic rings. The lowest BCUT2D eigenvalue weighted by atomic mass is 10.1. The van der Waals surface area contributed by atoms with Crippen molar-refractivity contribution in [1.82, 2.24) is 9.61 Å². The summed E-state index contributed by atoms with van der Waals surface area (Å²) in [5.74, 6) is 1.23. The van der Waals surface area contributed by atoms with E-state index in [4.69, 9.17) is 0 Å². The fourth-order valence-corrected chi connectivity index (χ4v) is 3.72. The van der Waals surface area contributed by atoms with Crippen molar-refractivity contribution in [2.45, 2.75) is 38.6 Å². The van der Waals surface area contributed by atoms with Crippen LogP contribution >= 0.6 is 0 Å². The monoisotopic (exact) mass is 400 g/mol. The van der Waals surface area contributed by atoms with Crippen molar-refractivity contribution < 1.29 is 4.79 Å². The number of nitrogens with zero attached hydrogens (tertiary/aromatic N) is 4. The van der Waals surface area contributed by atoms with Crippen molar-refractivity contribution in [3.05, 3.63) is 47.7 Å². The quantitative estimate of drug-likeness (QED) is 0.648. The number of aromatic nitrogens is 2. The maximum atomic E-state index is 12.5. The number of nitrogens with one attached hydrogen (secondary N) is 2. The number of hydrogen-bond donors (Lipinski definition) is 2. The summed E-state index contributed by atoms with van der Waals surface area (Å²) in [6.45, 7) is 2.02. The van der Waals surface area contributed by atoms with Crippen LogP contribution in [0, 0.1) is 24.2 Å². The fraction of sp³-hybridized carbons (Fsp3) is 0.348. The van der Waals surface area contributed by atoms with Gasteiger partial charge in [-0.1, -0.05) is 6.07 Å². The molecule has 0 saturated heterocycles. The molecule has 2 N–H and O–H groups in total. The molecule has 2 aromatic heterocycles. The molecule has 2 aliphatic carbocycles. The number of carbonyl (C=O) groups excluding carboxylic acids is 1. The van der Waals surface area contributed by atoms with Crippen molar-refractivity contribution in [3.8, 4) is 6.07 Å². The Morgan fingerprint density at radius 2 is 2.00 bits per heavy atom. The summed E-state index contributed by atoms with van der Waals surface area (Å²) in [7, 11) is 1.85. The molecule has 2 fully saturated rings. The van der Waals surface area contributed by atoms with E-state index in [-0.39, 0.29) is 11.8 Å². The number of hydrogen-bond acceptors (Lipinski definition) is 5. The molecular weight excluding hydrogens is 376 g/mol. The molecule has 2 saturated carbocycles. The van der Waals surface area contributed by atoms with E-state index in [0.29, 0.717) is 11.6 Å². The summed E-state index contributed by atoms with van der Waals surface area (Å²) in [6.07, 6.45) is 5.87. The van der Waals surface area contributed by atoms with Crippen LogP contribution in [-0.4, -0.2) is 28.6 Å². The van der Waals surface area contributed by atoms with Gasteiger partial charge >= 0.3 is 0 Å². The number of benzene rings is 1. The van der Waals surface area contributed by atoms with Crippen molar-refractivity contribution >= 4 is 34.3 Å². The van der Waals surface area contributed by atoms with E-state index < -0.39 is 0 Å². The lowest BCUT2D eigenvalue weighted by molar-refractivity contribution is -0.119. The van der Waals surface area contributed by atoms with Gasteiger partial charge in [0.25, 0.3) is 0 Å². The number of pyridine rings is 1. The van der Waals surface area contributed by atoms with Crippen LogP contribution in [0.25, 0.3) is 5.52 Å². The second-order valence-corrected chi connectivity index (χ2v) is 8.31. The minimum absolute atomic E-state index is 0.177. The smallest absolute Gasteiger partial charge is 0.229 e. The highest BCUT2D eigenvalue weighted by Gasteiger charge is 2.33. The molecule has 2 heterocycles. The lowest BCUT2D eigenvalue weighted by Gasteiger charge is -2.21. The zero-order valence-electron chi connectivity index (χ0n) is 17.1. The Kier molecular flexibility index (Phi) is 4.35. The summed E-state index contributed by atoms with van der Waals surface area (Å²) in [4.78, 5) is 14.3. The molecule has 0 unspecified atom stereocenters. The topological polar surface area (TPSA) is 85.5 Å². The lowest BCUT2D eigenvalue weighted by Crippen LogP contribution is -2.28. The van der Waals surface area contributed by atoms with Gasteiger partial charge in [0.2, 0.25) is 5.91 Å². The van der Waals surface area contributed by atoms with Gasteiger partial charge in [-0.15, -0.1) is 0 Å². The van der Waals surface area contributed by atoms with Crippen molar-refractivity contribution in [2.75, 3.05) is 22.6 Å². The first-order valence-electron chi connectivity index (χ1n) is 10.4. The Balaban J connectivity index is 1.48. The molecule has 7 heteroatoms. The highest BCUT2D eigenvalue weighted by atomic mass is 16.2. The van der Waals surface area contributed by atoms with Gasteiger partial charge < -0.3 is 15.5 Å². The van der Waals surface area contributed by atoms with E-state index in [9.17, 15) is 10.1 Å². The van der Waals surface area contributed by atoms with E-state index in [0.717, 1.165) is 59.6 Å². The highest BCUT2D eigenvalue weighted by Crippen LogP contribution is 2.35. The van der Waals surface area contributed by atoms with Gasteiger partial charge in [-0.3, -0.25) is 4.79 Å². The summed E-state index contributed by atoms with van der Waals surface area (Å²) in [6, 6.07) is 12.7. The number of carbonyl (C=O) groups is 1. The van der Waals surface area contributed by atoms with Crippen molar-refractivity contribution in [2.24, 2.45) is 5.92 Å². The number of amides is 1. The second kappa shape index (κ2) is 7.06. The molecule has 7 nitrogen and oxygen atoms in total. The number of aryl methyl sites for hydroxylation is 1. The Hall–Kier alpha value is -3.53. The van der Waals surface area contributed by atoms with Crippen LogP contribution in [0.4, 0.5) is 22.9 Å². The van der Waals surface area contributed by atoms with Gasteiger partial charge in [0.15, 0.2) is 0 Å². The average molecular weight is 400 g/mol. The van der Waals surface area contributed by atoms with Crippen molar-refractivity contribution in [1.29, 1.82) is 5.26 Å². The first kappa shape index (κ1) is 18.5. The summed E-state index contributed by atoms with van der Waals surface area (Å²) >= 11 is 0. The van der Waals surface area contributed by atoms with Crippen LogP contribution < -0.4 is 15.5 Å². The predicted octanol–water partition coefficient (Wildman–Crippen LogP) is 4.21. The van der Waals surface area contributed by atoms with Gasteiger partial charge in [0.1, 0.15) is 11.9 Å². The zero-order valence-corrected chi connectivity index (χ0v) is 17.1. The molecule has 0 atom stereocenters. The van der Waals surface area contributed by atoms with E-state index in [1.807, 2.05) is 44.3 Å². The SMILES string of the molecule is Cc1ccc(Nc2cc(NC3CC3)n3ncc(C#N)c3c2)cc1N(C)C(=O)C1CC1. The van der Waals surface area contributed by atoms with Gasteiger partial charge in [0, 0.05) is 42.1 Å². The molecule has 30 heavy (non-hydrogen) atoms. The maximum Gasteiger partial charge on any atom is 0.229 e. The summed E-state index contributed by atoms with van der Waals surface area (Å²) in [5.41, 5.74) is 5.04. The molecule has 0 bridgehead atoms. The average Bonchev–Trinajstić information content (AvgIpc) is 3.67. The van der Waals surface area contributed by atoms with Gasteiger partial charge in [-0.2, -0.15) is 10.4 Å². The Morgan fingerprint density at radius 3 is 2.70 bits per heavy atom. The summed E-state index contributed by atoms with van der Waals surface area (Å²) in [5, 5.41) is 20.8. The van der Waals surface area contributed by atoms with Crippen LogP contribution in [0.5, 0.6) is 0 Å². The number of nitriles is 1. The molecular formula is C23H24N6O. The van der Waals surface area contributed by atoms with Crippen LogP contribution in [0.2, 0.25) is 0 Å². The van der Waals surface area contributed by atoms with Gasteiger partial charge in [-0.25, -0.2) is 4.52 Å². The number of fused-ring (bicyclic) bond motifs is 1. The van der Waals surface area contributed by atoms with Gasteiger partial charge in [-0.05, 0) is 56.4 Å². The minimum Gasteiger partial charge on any atom is -0.367 e. The number of anilines is 4. The second-order valence-electron chi connectivity index (χ2n) is 8.31. The molecule has 2 aliphatic rings. The standard InChI is InChI=1S/C23H24N6O/c1-14-3-6-18(9-20(14)28(2)23(30)15-4-5-15)26-19-10-21-16(12-24)13-25-29(21)22(11-19)27-17-7-8-17/h3,6,9-11,13,15,17,26-27H,4-5,7-8H2,1-2H3. The molecule has 5 rings (SSSR count). The van der Waals surface area contributed by atoms with Crippen LogP contribution in [0.15, 0.2) is 36.5 Å². The third-order valence-corrected chi connectivity index (χ3v) is 5.79. The first-order chi connectivity index (χ1) is 14.5. The van der Waals surface area contributed by atoms with E-state index in [2.05, 4.69) is 21.8 Å². The molecule has 152 valence electrons. The summed E-state index contributed by atoms with van der Waals surface area (Å²) < 4.78 is 1.78.